The summed E-state index contributed by atoms with van der Waals surface area (Å²) < 4.78 is 10.7. The number of aliphatic imine (C=N–C) groups is 1. The van der Waals surface area contributed by atoms with Crippen molar-refractivity contribution in [1.82, 2.24) is 4.90 Å². The van der Waals surface area contributed by atoms with Crippen LogP contribution in [-0.4, -0.2) is 50.8 Å². The predicted octanol–water partition coefficient (Wildman–Crippen LogP) is 1.81. The van der Waals surface area contributed by atoms with Gasteiger partial charge in [0.05, 0.1) is 20.3 Å². The van der Waals surface area contributed by atoms with Crippen LogP contribution >= 0.6 is 24.0 Å². The molecule has 21 heavy (non-hydrogen) atoms. The number of methoxy groups -OCH3 is 1. The Bertz CT molecular complexity index is 474. The smallest absolute Gasteiger partial charge is 0.191 e. The minimum Gasteiger partial charge on any atom is -0.496 e. The van der Waals surface area contributed by atoms with Gasteiger partial charge in [-0.3, -0.25) is 4.99 Å². The van der Waals surface area contributed by atoms with E-state index in [4.69, 9.17) is 15.2 Å². The molecule has 0 aromatic heterocycles. The number of aryl methyl sites for hydroxylation is 1. The molecule has 1 fully saturated rings. The van der Waals surface area contributed by atoms with E-state index in [0.717, 1.165) is 38.5 Å². The average Bonchev–Trinajstić information content (AvgIpc) is 2.48. The number of nitrogens with zero attached hydrogens (tertiary/aromatic N) is 2. The molecular formula is C15H24IN3O2. The van der Waals surface area contributed by atoms with Crippen LogP contribution in [0.1, 0.15) is 11.1 Å². The molecule has 1 aromatic rings. The van der Waals surface area contributed by atoms with Gasteiger partial charge in [0, 0.05) is 19.6 Å². The average molecular weight is 405 g/mol. The molecule has 0 spiro atoms. The Labute approximate surface area is 143 Å². The normalized spacial score (nSPS) is 15.5. The molecular weight excluding hydrogens is 381 g/mol. The van der Waals surface area contributed by atoms with Crippen molar-refractivity contribution in [3.8, 4) is 5.75 Å². The van der Waals surface area contributed by atoms with Crippen LogP contribution in [0.15, 0.2) is 23.2 Å². The van der Waals surface area contributed by atoms with Crippen LogP contribution in [0.5, 0.6) is 5.75 Å². The molecule has 1 saturated heterocycles. The highest BCUT2D eigenvalue weighted by molar-refractivity contribution is 14.0. The molecule has 118 valence electrons. The number of nitrogens with two attached hydrogens (primary N) is 1. The van der Waals surface area contributed by atoms with Gasteiger partial charge >= 0.3 is 0 Å². The predicted molar refractivity (Wildman–Crippen MR) is 95.7 cm³/mol. The second kappa shape index (κ2) is 9.09. The molecule has 2 N–H and O–H groups in total. The van der Waals surface area contributed by atoms with Gasteiger partial charge in [-0.1, -0.05) is 17.7 Å². The van der Waals surface area contributed by atoms with Gasteiger partial charge in [-0.15, -0.1) is 24.0 Å². The number of morpholine rings is 1. The van der Waals surface area contributed by atoms with Gasteiger partial charge in [0.1, 0.15) is 5.75 Å². The number of hydrogen-bond acceptors (Lipinski definition) is 3. The molecule has 6 heteroatoms. The molecule has 0 atom stereocenters. The van der Waals surface area contributed by atoms with Crippen molar-refractivity contribution < 1.29 is 9.47 Å². The highest BCUT2D eigenvalue weighted by atomic mass is 127. The van der Waals surface area contributed by atoms with E-state index in [9.17, 15) is 0 Å². The molecule has 2 rings (SSSR count). The van der Waals surface area contributed by atoms with E-state index in [2.05, 4.69) is 22.9 Å². The van der Waals surface area contributed by atoms with E-state index in [1.165, 1.54) is 11.1 Å². The molecule has 0 aliphatic carbocycles. The van der Waals surface area contributed by atoms with Crippen LogP contribution in [0.2, 0.25) is 0 Å². The van der Waals surface area contributed by atoms with Crippen molar-refractivity contribution in [2.45, 2.75) is 13.3 Å². The van der Waals surface area contributed by atoms with Crippen LogP contribution in [0, 0.1) is 6.92 Å². The molecule has 1 heterocycles. The molecule has 0 bridgehead atoms. The van der Waals surface area contributed by atoms with Gasteiger partial charge in [-0.05, 0) is 25.0 Å². The van der Waals surface area contributed by atoms with Crippen LogP contribution in [0.25, 0.3) is 0 Å². The summed E-state index contributed by atoms with van der Waals surface area (Å²) in [5.41, 5.74) is 8.40. The quantitative estimate of drug-likeness (QED) is 0.472. The van der Waals surface area contributed by atoms with E-state index in [1.807, 2.05) is 12.1 Å². The van der Waals surface area contributed by atoms with Crippen molar-refractivity contribution in [2.24, 2.45) is 10.7 Å². The summed E-state index contributed by atoms with van der Waals surface area (Å²) in [6.45, 7) is 5.84. The molecule has 1 aliphatic heterocycles. The Kier molecular flexibility index (Phi) is 7.81. The zero-order chi connectivity index (χ0) is 14.4. The lowest BCUT2D eigenvalue weighted by molar-refractivity contribution is 0.0674. The largest absolute Gasteiger partial charge is 0.496 e. The Morgan fingerprint density at radius 1 is 1.38 bits per heavy atom. The van der Waals surface area contributed by atoms with Crippen LogP contribution in [0.4, 0.5) is 0 Å². The zero-order valence-electron chi connectivity index (χ0n) is 12.7. The van der Waals surface area contributed by atoms with Gasteiger partial charge in [-0.25, -0.2) is 0 Å². The van der Waals surface area contributed by atoms with E-state index in [1.54, 1.807) is 7.11 Å². The third-order valence-electron chi connectivity index (χ3n) is 3.43. The van der Waals surface area contributed by atoms with Crippen LogP contribution in [-0.2, 0) is 11.2 Å². The first kappa shape index (κ1) is 18.0. The van der Waals surface area contributed by atoms with Crippen LogP contribution in [0.3, 0.4) is 0 Å². The fraction of sp³-hybridized carbons (Fsp3) is 0.533. The summed E-state index contributed by atoms with van der Waals surface area (Å²) >= 11 is 0. The lowest BCUT2D eigenvalue weighted by Gasteiger charge is -2.27. The van der Waals surface area contributed by atoms with Crippen molar-refractivity contribution in [1.29, 1.82) is 0 Å². The second-order valence-electron chi connectivity index (χ2n) is 4.90. The first-order chi connectivity index (χ1) is 9.70. The van der Waals surface area contributed by atoms with Gasteiger partial charge in [0.15, 0.2) is 5.96 Å². The van der Waals surface area contributed by atoms with E-state index >= 15 is 0 Å². The van der Waals surface area contributed by atoms with Gasteiger partial charge in [-0.2, -0.15) is 0 Å². The fourth-order valence-electron chi connectivity index (χ4n) is 2.29. The maximum atomic E-state index is 6.00. The topological polar surface area (TPSA) is 60.1 Å². The summed E-state index contributed by atoms with van der Waals surface area (Å²) in [6, 6.07) is 6.19. The third kappa shape index (κ3) is 5.35. The van der Waals surface area contributed by atoms with Crippen molar-refractivity contribution in [3.05, 3.63) is 29.3 Å². The van der Waals surface area contributed by atoms with Crippen molar-refractivity contribution in [3.63, 3.8) is 0 Å². The molecule has 1 aromatic carbocycles. The van der Waals surface area contributed by atoms with Gasteiger partial charge in [0.2, 0.25) is 0 Å². The monoisotopic (exact) mass is 405 g/mol. The van der Waals surface area contributed by atoms with Crippen molar-refractivity contribution in [2.75, 3.05) is 40.0 Å². The number of guanidine groups is 1. The van der Waals surface area contributed by atoms with Gasteiger partial charge < -0.3 is 20.1 Å². The molecule has 0 amide bonds. The number of ether oxygens (including phenoxy) is 2. The molecule has 0 radical (unpaired) electrons. The minimum absolute atomic E-state index is 0. The second-order valence-corrected chi connectivity index (χ2v) is 4.90. The molecule has 1 aliphatic rings. The third-order valence-corrected chi connectivity index (χ3v) is 3.43. The van der Waals surface area contributed by atoms with E-state index in [0.29, 0.717) is 12.5 Å². The summed E-state index contributed by atoms with van der Waals surface area (Å²) in [6.07, 6.45) is 0.829. The Hall–Kier alpha value is -1.02. The summed E-state index contributed by atoms with van der Waals surface area (Å²) in [5, 5.41) is 0. The van der Waals surface area contributed by atoms with Crippen molar-refractivity contribution >= 4 is 29.9 Å². The van der Waals surface area contributed by atoms with E-state index in [-0.39, 0.29) is 24.0 Å². The van der Waals surface area contributed by atoms with Gasteiger partial charge in [0.25, 0.3) is 0 Å². The Morgan fingerprint density at radius 3 is 2.76 bits per heavy atom. The minimum atomic E-state index is 0. The zero-order valence-corrected chi connectivity index (χ0v) is 15.0. The maximum Gasteiger partial charge on any atom is 0.191 e. The lowest BCUT2D eigenvalue weighted by atomic mass is 10.1. The number of halogens is 1. The molecule has 5 nitrogen and oxygen atoms in total. The first-order valence-corrected chi connectivity index (χ1v) is 6.97. The summed E-state index contributed by atoms with van der Waals surface area (Å²) in [4.78, 5) is 6.52. The Balaban J connectivity index is 0.00000220. The first-order valence-electron chi connectivity index (χ1n) is 6.97. The molecule has 0 saturated carbocycles. The maximum absolute atomic E-state index is 6.00. The van der Waals surface area contributed by atoms with E-state index < -0.39 is 0 Å². The highest BCUT2D eigenvalue weighted by Crippen LogP contribution is 2.20. The number of hydrogen-bond donors (Lipinski definition) is 1. The highest BCUT2D eigenvalue weighted by Gasteiger charge is 2.12. The fourth-order valence-corrected chi connectivity index (χ4v) is 2.29. The SMILES string of the molecule is COc1ccc(C)cc1CCN=C(N)N1CCOCC1.I. The number of benzene rings is 1. The number of rotatable bonds is 4. The summed E-state index contributed by atoms with van der Waals surface area (Å²) in [7, 11) is 1.69. The Morgan fingerprint density at radius 2 is 2.10 bits per heavy atom. The van der Waals surface area contributed by atoms with Crippen LogP contribution < -0.4 is 10.5 Å². The summed E-state index contributed by atoms with van der Waals surface area (Å²) in [5.74, 6) is 1.52. The standard InChI is InChI=1S/C15H23N3O2.HI/c1-12-3-4-14(19-2)13(11-12)5-6-17-15(16)18-7-9-20-10-8-18;/h3-4,11H,5-10H2,1-2H3,(H2,16,17);1H. The molecule has 0 unspecified atom stereocenters. The lowest BCUT2D eigenvalue weighted by Crippen LogP contribution is -2.44.